The Hall–Kier alpha value is -3.89. The Kier molecular flexibility index (Phi) is 7.80. The lowest BCUT2D eigenvalue weighted by atomic mass is 10.0. The third kappa shape index (κ3) is 6.08. The van der Waals surface area contributed by atoms with Gasteiger partial charge in [-0.25, -0.2) is 22.8 Å². The number of ether oxygens (including phenoxy) is 1. The van der Waals surface area contributed by atoms with Crippen LogP contribution in [0.4, 0.5) is 13.6 Å². The van der Waals surface area contributed by atoms with Crippen molar-refractivity contribution in [2.45, 2.75) is 31.9 Å². The highest BCUT2D eigenvalue weighted by atomic mass is 35.5. The first kappa shape index (κ1) is 28.6. The second-order valence-corrected chi connectivity index (χ2v) is 11.5. The third-order valence-corrected chi connectivity index (χ3v) is 7.49. The van der Waals surface area contributed by atoms with Gasteiger partial charge in [0.05, 0.1) is 35.4 Å². The summed E-state index contributed by atoms with van der Waals surface area (Å²) in [7, 11) is -4.10. The van der Waals surface area contributed by atoms with Crippen LogP contribution in [0.15, 0.2) is 30.7 Å². The van der Waals surface area contributed by atoms with E-state index in [0.717, 1.165) is 18.1 Å². The fourth-order valence-corrected chi connectivity index (χ4v) is 5.53. The van der Waals surface area contributed by atoms with E-state index in [1.165, 1.54) is 15.6 Å². The van der Waals surface area contributed by atoms with Crippen molar-refractivity contribution in [3.05, 3.63) is 58.8 Å². The minimum absolute atomic E-state index is 0.0440. The fourth-order valence-electron chi connectivity index (χ4n) is 4.73. The van der Waals surface area contributed by atoms with Gasteiger partial charge in [-0.05, 0) is 25.8 Å². The number of hydrogen-bond donors (Lipinski definition) is 1. The molecule has 1 aliphatic heterocycles. The number of carboxylic acid groups (broad SMARTS) is 1. The minimum atomic E-state index is -4.10. The molecule has 0 radical (unpaired) electrons. The van der Waals surface area contributed by atoms with Crippen molar-refractivity contribution >= 4 is 33.3 Å². The molecule has 41 heavy (non-hydrogen) atoms. The number of halogens is 3. The van der Waals surface area contributed by atoms with Gasteiger partial charge in [0.25, 0.3) is 10.1 Å². The summed E-state index contributed by atoms with van der Waals surface area (Å²) in [5.41, 5.74) is 1.63. The number of fused-ring (bicyclic) bond motifs is 1. The standard InChI is InChI=1S/C24H24ClF2N7O6S/c1-13-21(30-31-34(13)16-3-5-32(6-4-16)24(35)36)14-7-19(23-17(25)10-29-33(23)11-14)39-12-20(40-41(2,37)38)22-18(27)8-15(26)9-28-22/h7-11,16,20H,3-6,12H2,1-2H3,(H,35,36). The van der Waals surface area contributed by atoms with E-state index in [1.807, 2.05) is 6.92 Å². The van der Waals surface area contributed by atoms with E-state index in [1.54, 1.807) is 16.9 Å². The van der Waals surface area contributed by atoms with E-state index in [-0.39, 0.29) is 16.8 Å². The molecule has 1 atom stereocenters. The van der Waals surface area contributed by atoms with Crippen molar-refractivity contribution in [2.24, 2.45) is 0 Å². The van der Waals surface area contributed by atoms with Crippen LogP contribution in [0.25, 0.3) is 16.8 Å². The van der Waals surface area contributed by atoms with Crippen LogP contribution in [0.2, 0.25) is 5.02 Å². The van der Waals surface area contributed by atoms with E-state index in [2.05, 4.69) is 20.4 Å². The Bertz CT molecular complexity index is 1720. The number of nitrogens with zero attached hydrogens (tertiary/aromatic N) is 7. The predicted molar refractivity (Wildman–Crippen MR) is 140 cm³/mol. The van der Waals surface area contributed by atoms with Gasteiger partial charge in [-0.1, -0.05) is 16.8 Å². The highest BCUT2D eigenvalue weighted by Gasteiger charge is 2.28. The summed E-state index contributed by atoms with van der Waals surface area (Å²) in [5, 5.41) is 22.3. The first-order valence-electron chi connectivity index (χ1n) is 12.3. The van der Waals surface area contributed by atoms with Gasteiger partial charge in [-0.3, -0.25) is 9.17 Å². The first-order chi connectivity index (χ1) is 19.4. The number of pyridine rings is 2. The maximum Gasteiger partial charge on any atom is 0.407 e. The van der Waals surface area contributed by atoms with Gasteiger partial charge < -0.3 is 14.7 Å². The van der Waals surface area contributed by atoms with Crippen LogP contribution in [-0.2, 0) is 14.3 Å². The Balaban J connectivity index is 1.46. The van der Waals surface area contributed by atoms with Crippen molar-refractivity contribution < 1.29 is 36.0 Å². The van der Waals surface area contributed by atoms with Crippen LogP contribution in [0.5, 0.6) is 5.75 Å². The molecule has 1 saturated heterocycles. The monoisotopic (exact) mass is 611 g/mol. The molecule has 13 nitrogen and oxygen atoms in total. The molecule has 17 heteroatoms. The van der Waals surface area contributed by atoms with E-state index in [4.69, 9.17) is 20.5 Å². The molecule has 0 spiro atoms. The number of carbonyl (C=O) groups is 1. The van der Waals surface area contributed by atoms with E-state index < -0.39 is 46.3 Å². The van der Waals surface area contributed by atoms with Crippen molar-refractivity contribution in [1.29, 1.82) is 0 Å². The van der Waals surface area contributed by atoms with Gasteiger partial charge >= 0.3 is 6.09 Å². The third-order valence-electron chi connectivity index (χ3n) is 6.64. The molecule has 5 heterocycles. The van der Waals surface area contributed by atoms with Gasteiger partial charge in [0.1, 0.15) is 35.1 Å². The zero-order chi connectivity index (χ0) is 29.5. The van der Waals surface area contributed by atoms with Crippen molar-refractivity contribution in [3.63, 3.8) is 0 Å². The van der Waals surface area contributed by atoms with Crippen LogP contribution >= 0.6 is 11.6 Å². The van der Waals surface area contributed by atoms with Crippen LogP contribution in [-0.4, -0.2) is 80.1 Å². The lowest BCUT2D eigenvalue weighted by molar-refractivity contribution is 0.123. The summed E-state index contributed by atoms with van der Waals surface area (Å²) in [5.74, 6) is -1.90. The predicted octanol–water partition coefficient (Wildman–Crippen LogP) is 3.64. The summed E-state index contributed by atoms with van der Waals surface area (Å²) in [6, 6.07) is 2.12. The summed E-state index contributed by atoms with van der Waals surface area (Å²) in [6.07, 6.45) is 3.22. The molecule has 1 unspecified atom stereocenters. The average molecular weight is 612 g/mol. The number of piperidine rings is 1. The van der Waals surface area contributed by atoms with Gasteiger partial charge in [-0.2, -0.15) is 13.5 Å². The molecule has 0 bridgehead atoms. The molecule has 4 aromatic heterocycles. The number of rotatable bonds is 8. The number of amides is 1. The average Bonchev–Trinajstić information content (AvgIpc) is 3.48. The smallest absolute Gasteiger partial charge is 0.407 e. The zero-order valence-corrected chi connectivity index (χ0v) is 23.3. The summed E-state index contributed by atoms with van der Waals surface area (Å²) >= 11 is 6.35. The topological polar surface area (TPSA) is 154 Å². The van der Waals surface area contributed by atoms with Gasteiger partial charge in [-0.15, -0.1) is 5.10 Å². The highest BCUT2D eigenvalue weighted by Crippen LogP contribution is 2.35. The van der Waals surface area contributed by atoms with Crippen LogP contribution < -0.4 is 4.74 Å². The lowest BCUT2D eigenvalue weighted by Gasteiger charge is -2.30. The van der Waals surface area contributed by atoms with E-state index in [0.29, 0.717) is 48.8 Å². The number of likely N-dealkylation sites (tertiary alicyclic amines) is 1. The second kappa shape index (κ2) is 11.2. The SMILES string of the molecule is Cc1c(-c2cc(OCC(OS(C)(=O)=O)c3ncc(F)cc3F)c3c(Cl)cnn3c2)nnn1C1CCN(C(=O)O)CC1. The molecule has 0 aliphatic carbocycles. The van der Waals surface area contributed by atoms with Crippen LogP contribution in [0.1, 0.15) is 36.4 Å². The summed E-state index contributed by atoms with van der Waals surface area (Å²) in [4.78, 5) is 16.3. The van der Waals surface area contributed by atoms with Crippen LogP contribution in [0.3, 0.4) is 0 Å². The summed E-state index contributed by atoms with van der Waals surface area (Å²) < 4.78 is 65.9. The Labute approximate surface area is 237 Å². The summed E-state index contributed by atoms with van der Waals surface area (Å²) in [6.45, 7) is 2.06. The molecule has 4 aromatic rings. The maximum atomic E-state index is 14.5. The minimum Gasteiger partial charge on any atom is -0.488 e. The first-order valence-corrected chi connectivity index (χ1v) is 14.5. The maximum absolute atomic E-state index is 14.5. The van der Waals surface area contributed by atoms with Gasteiger partial charge in [0, 0.05) is 30.9 Å². The molecule has 1 aliphatic rings. The molecule has 1 amide bonds. The molecule has 218 valence electrons. The quantitative estimate of drug-likeness (QED) is 0.292. The molecular formula is C24H24ClF2N7O6S. The number of aromatic nitrogens is 6. The largest absolute Gasteiger partial charge is 0.488 e. The highest BCUT2D eigenvalue weighted by molar-refractivity contribution is 7.86. The van der Waals surface area contributed by atoms with E-state index >= 15 is 0 Å². The lowest BCUT2D eigenvalue weighted by Crippen LogP contribution is -2.38. The Morgan fingerprint density at radius 2 is 1.98 bits per heavy atom. The zero-order valence-electron chi connectivity index (χ0n) is 21.7. The fraction of sp³-hybridized carbons (Fsp3) is 0.375. The van der Waals surface area contributed by atoms with Crippen molar-refractivity contribution in [2.75, 3.05) is 26.0 Å². The normalized spacial score (nSPS) is 15.4. The molecular weight excluding hydrogens is 588 g/mol. The molecule has 0 aromatic carbocycles. The molecule has 0 saturated carbocycles. The van der Waals surface area contributed by atoms with E-state index in [9.17, 15) is 27.1 Å². The Morgan fingerprint density at radius 3 is 2.63 bits per heavy atom. The second-order valence-electron chi connectivity index (χ2n) is 9.47. The van der Waals surface area contributed by atoms with Gasteiger partial charge in [0.2, 0.25) is 0 Å². The molecule has 1 N–H and O–H groups in total. The van der Waals surface area contributed by atoms with Gasteiger partial charge in [0.15, 0.2) is 11.9 Å². The van der Waals surface area contributed by atoms with Crippen LogP contribution in [0, 0.1) is 18.6 Å². The van der Waals surface area contributed by atoms with Crippen molar-refractivity contribution in [3.8, 4) is 17.0 Å². The molecule has 1 fully saturated rings. The molecule has 5 rings (SSSR count). The Morgan fingerprint density at radius 1 is 1.24 bits per heavy atom. The number of hydrogen-bond acceptors (Lipinski definition) is 9. The van der Waals surface area contributed by atoms with Crippen molar-refractivity contribution in [1.82, 2.24) is 34.5 Å².